The molecular formula is C12H19N2O2+. The molecule has 1 aromatic carbocycles. The van der Waals surface area contributed by atoms with Gasteiger partial charge in [0.1, 0.15) is 0 Å². The molecule has 2 rings (SSSR count). The lowest BCUT2D eigenvalue weighted by Crippen LogP contribution is -2.73. The van der Waals surface area contributed by atoms with Crippen LogP contribution in [0.2, 0.25) is 0 Å². The number of phenolic OH excluding ortho intramolecular Hbond substituents is 1. The molecule has 0 amide bonds. The van der Waals surface area contributed by atoms with Crippen molar-refractivity contribution < 1.29 is 15.8 Å². The number of nitrogens with two attached hydrogens (primary N) is 1. The number of phenols is 1. The van der Waals surface area contributed by atoms with E-state index in [0.29, 0.717) is 11.6 Å². The Labute approximate surface area is 95.3 Å². The van der Waals surface area contributed by atoms with Crippen molar-refractivity contribution in [2.45, 2.75) is 25.7 Å². The zero-order valence-electron chi connectivity index (χ0n) is 9.53. The largest absolute Gasteiger partial charge is 0.502 e. The Kier molecular flexibility index (Phi) is 3.43. The summed E-state index contributed by atoms with van der Waals surface area (Å²) in [5, 5.41) is 22.1. The van der Waals surface area contributed by atoms with Crippen LogP contribution in [0.4, 0.5) is 5.69 Å². The van der Waals surface area contributed by atoms with Gasteiger partial charge in [0, 0.05) is 6.07 Å². The van der Waals surface area contributed by atoms with Crippen molar-refractivity contribution in [3.8, 4) is 5.75 Å². The molecular weight excluding hydrogens is 204 g/mol. The third kappa shape index (κ3) is 2.19. The van der Waals surface area contributed by atoms with Crippen LogP contribution in [0, 0.1) is 6.92 Å². The lowest BCUT2D eigenvalue weighted by atomic mass is 9.89. The van der Waals surface area contributed by atoms with Gasteiger partial charge in [0.05, 0.1) is 0 Å². The maximum absolute atomic E-state index is 9.72. The van der Waals surface area contributed by atoms with Crippen LogP contribution in [-0.2, 0) is 0 Å². The van der Waals surface area contributed by atoms with Crippen molar-refractivity contribution in [3.05, 3.63) is 23.3 Å². The number of piperidine rings is 1. The van der Waals surface area contributed by atoms with Crippen molar-refractivity contribution in [1.29, 1.82) is 0 Å². The molecule has 0 atom stereocenters. The molecule has 0 aliphatic carbocycles. The van der Waals surface area contributed by atoms with Crippen LogP contribution in [0.1, 0.15) is 29.9 Å². The number of hydrogen-bond acceptors (Lipinski definition) is 3. The van der Waals surface area contributed by atoms with Crippen LogP contribution >= 0.6 is 0 Å². The summed E-state index contributed by atoms with van der Waals surface area (Å²) in [5.41, 5.74) is 3.55. The van der Waals surface area contributed by atoms with E-state index in [1.807, 2.05) is 19.1 Å². The number of quaternary nitrogens is 1. The van der Waals surface area contributed by atoms with Crippen LogP contribution in [0.25, 0.3) is 0 Å². The first-order chi connectivity index (χ1) is 7.72. The standard InChI is InChI=1S/C12H18N2O2/c1-8-6-10(7-11(14-16)12(8)15)9-2-4-13-5-3-9/h6-7,9,13-16H,2-5H2,1H3/p+1. The van der Waals surface area contributed by atoms with E-state index in [1.165, 1.54) is 5.56 Å². The van der Waals surface area contributed by atoms with E-state index < -0.39 is 0 Å². The topological polar surface area (TPSA) is 69.1 Å². The molecule has 5 N–H and O–H groups in total. The molecule has 1 aliphatic heterocycles. The van der Waals surface area contributed by atoms with Crippen LogP contribution in [-0.4, -0.2) is 23.4 Å². The van der Waals surface area contributed by atoms with E-state index in [0.717, 1.165) is 37.0 Å². The second-order valence-electron chi connectivity index (χ2n) is 4.43. The number of aromatic hydroxyl groups is 1. The van der Waals surface area contributed by atoms with Gasteiger partial charge in [-0.1, -0.05) is 6.07 Å². The van der Waals surface area contributed by atoms with E-state index in [1.54, 1.807) is 0 Å². The molecule has 0 bridgehead atoms. The Morgan fingerprint density at radius 2 is 2.00 bits per heavy atom. The van der Waals surface area contributed by atoms with Crippen LogP contribution in [0.5, 0.6) is 5.75 Å². The summed E-state index contributed by atoms with van der Waals surface area (Å²) in [7, 11) is 0. The molecule has 1 heterocycles. The second-order valence-corrected chi connectivity index (χ2v) is 4.43. The molecule has 4 heteroatoms. The summed E-state index contributed by atoms with van der Waals surface area (Å²) >= 11 is 0. The summed E-state index contributed by atoms with van der Waals surface area (Å²) < 4.78 is 0. The van der Waals surface area contributed by atoms with Gasteiger partial charge < -0.3 is 10.4 Å². The molecule has 1 fully saturated rings. The minimum absolute atomic E-state index is 0.181. The first kappa shape index (κ1) is 11.4. The van der Waals surface area contributed by atoms with Crippen molar-refractivity contribution >= 4 is 5.69 Å². The van der Waals surface area contributed by atoms with Gasteiger partial charge in [-0.05, 0) is 49.9 Å². The Morgan fingerprint density at radius 3 is 2.62 bits per heavy atom. The molecule has 0 unspecified atom stereocenters. The maximum Gasteiger partial charge on any atom is 0.204 e. The Morgan fingerprint density at radius 1 is 1.31 bits per heavy atom. The highest BCUT2D eigenvalue weighted by molar-refractivity contribution is 5.52. The molecule has 1 aromatic rings. The van der Waals surface area contributed by atoms with Gasteiger partial charge in [0.15, 0.2) is 5.75 Å². The highest BCUT2D eigenvalue weighted by Gasteiger charge is 2.19. The number of aryl methyl sites for hydroxylation is 1. The van der Waals surface area contributed by atoms with Crippen molar-refractivity contribution in [1.82, 2.24) is 5.32 Å². The summed E-state index contributed by atoms with van der Waals surface area (Å²) in [6.45, 7) is 3.96. The smallest absolute Gasteiger partial charge is 0.204 e. The van der Waals surface area contributed by atoms with Gasteiger partial charge >= 0.3 is 0 Å². The Hall–Kier alpha value is -1.10. The average Bonchev–Trinajstić information content (AvgIpc) is 2.33. The minimum Gasteiger partial charge on any atom is -0.502 e. The first-order valence-electron chi connectivity index (χ1n) is 5.74. The predicted molar refractivity (Wildman–Crippen MR) is 61.1 cm³/mol. The summed E-state index contributed by atoms with van der Waals surface area (Å²) in [4.78, 5) is 0. The van der Waals surface area contributed by atoms with Crippen LogP contribution < -0.4 is 10.8 Å². The SMILES string of the molecule is Cc1cc(C2CCNCC2)cc([NH2+]O)c1O. The first-order valence-corrected chi connectivity index (χ1v) is 5.74. The molecule has 1 saturated heterocycles. The quantitative estimate of drug-likeness (QED) is 0.340. The van der Waals surface area contributed by atoms with Gasteiger partial charge in [-0.15, -0.1) is 0 Å². The number of hydrogen-bond donors (Lipinski definition) is 4. The number of rotatable bonds is 2. The van der Waals surface area contributed by atoms with E-state index in [-0.39, 0.29) is 5.75 Å². The number of benzene rings is 1. The predicted octanol–water partition coefficient (Wildman–Crippen LogP) is 0.752. The van der Waals surface area contributed by atoms with Gasteiger partial charge in [-0.2, -0.15) is 5.48 Å². The van der Waals surface area contributed by atoms with Crippen molar-refractivity contribution in [2.24, 2.45) is 0 Å². The zero-order valence-corrected chi connectivity index (χ0v) is 9.53. The van der Waals surface area contributed by atoms with Gasteiger partial charge in [0.25, 0.3) is 0 Å². The summed E-state index contributed by atoms with van der Waals surface area (Å²) in [5.74, 6) is 0.722. The van der Waals surface area contributed by atoms with E-state index in [2.05, 4.69) is 5.32 Å². The van der Waals surface area contributed by atoms with Crippen LogP contribution in [0.15, 0.2) is 12.1 Å². The van der Waals surface area contributed by atoms with Gasteiger partial charge in [-0.3, -0.25) is 0 Å². The molecule has 16 heavy (non-hydrogen) atoms. The molecule has 1 aliphatic rings. The van der Waals surface area contributed by atoms with Crippen molar-refractivity contribution in [2.75, 3.05) is 13.1 Å². The third-order valence-electron chi connectivity index (χ3n) is 3.30. The van der Waals surface area contributed by atoms with E-state index in [4.69, 9.17) is 5.21 Å². The molecule has 0 saturated carbocycles. The lowest BCUT2D eigenvalue weighted by molar-refractivity contribution is -0.826. The Bertz CT molecular complexity index is 374. The van der Waals surface area contributed by atoms with Gasteiger partial charge in [0.2, 0.25) is 5.69 Å². The fraction of sp³-hybridized carbons (Fsp3) is 0.500. The highest BCUT2D eigenvalue weighted by atomic mass is 16.5. The molecule has 4 nitrogen and oxygen atoms in total. The normalized spacial score (nSPS) is 17.6. The molecule has 0 radical (unpaired) electrons. The Balaban J connectivity index is 2.29. The minimum atomic E-state index is 0.181. The molecule has 0 spiro atoms. The summed E-state index contributed by atoms with van der Waals surface area (Å²) in [6, 6.07) is 3.91. The lowest BCUT2D eigenvalue weighted by Gasteiger charge is -2.23. The average molecular weight is 223 g/mol. The fourth-order valence-electron chi connectivity index (χ4n) is 2.32. The monoisotopic (exact) mass is 223 g/mol. The van der Waals surface area contributed by atoms with E-state index in [9.17, 15) is 5.11 Å². The maximum atomic E-state index is 9.72. The molecule has 0 aromatic heterocycles. The van der Waals surface area contributed by atoms with Gasteiger partial charge in [-0.25, -0.2) is 5.21 Å². The fourth-order valence-corrected chi connectivity index (χ4v) is 2.32. The summed E-state index contributed by atoms with van der Waals surface area (Å²) in [6.07, 6.45) is 2.24. The number of nitrogens with one attached hydrogen (secondary N) is 1. The highest BCUT2D eigenvalue weighted by Crippen LogP contribution is 2.32. The van der Waals surface area contributed by atoms with E-state index >= 15 is 0 Å². The van der Waals surface area contributed by atoms with Crippen LogP contribution in [0.3, 0.4) is 0 Å². The second kappa shape index (κ2) is 4.82. The zero-order chi connectivity index (χ0) is 11.5. The molecule has 88 valence electrons. The van der Waals surface area contributed by atoms with Crippen molar-refractivity contribution in [3.63, 3.8) is 0 Å². The third-order valence-corrected chi connectivity index (χ3v) is 3.30.